The highest BCUT2D eigenvalue weighted by Gasteiger charge is 2.31. The van der Waals surface area contributed by atoms with Crippen LogP contribution in [0.3, 0.4) is 0 Å². The van der Waals surface area contributed by atoms with Crippen molar-refractivity contribution in [2.24, 2.45) is 5.92 Å². The molecule has 1 aliphatic heterocycles. The highest BCUT2D eigenvalue weighted by atomic mass is 16.6. The molecule has 154 valence electrons. The van der Waals surface area contributed by atoms with E-state index < -0.39 is 16.8 Å². The third-order valence-electron chi connectivity index (χ3n) is 4.62. The molecule has 0 atom stereocenters. The second kappa shape index (κ2) is 9.88. The van der Waals surface area contributed by atoms with Crippen LogP contribution in [0.4, 0.5) is 5.69 Å². The molecule has 1 amide bonds. The van der Waals surface area contributed by atoms with Crippen LogP contribution in [0.2, 0.25) is 0 Å². The lowest BCUT2D eigenvalue weighted by Gasteiger charge is -2.31. The lowest BCUT2D eigenvalue weighted by Crippen LogP contribution is -2.39. The van der Waals surface area contributed by atoms with Gasteiger partial charge in [-0.2, -0.15) is 0 Å². The van der Waals surface area contributed by atoms with Crippen LogP contribution in [0, 0.1) is 16.0 Å². The number of hydrogen-bond donors (Lipinski definition) is 1. The fourth-order valence-electron chi connectivity index (χ4n) is 3.14. The van der Waals surface area contributed by atoms with Crippen LogP contribution in [-0.4, -0.2) is 67.3 Å². The lowest BCUT2D eigenvalue weighted by molar-refractivity contribution is -0.385. The molecular weight excluding hydrogens is 372 g/mol. The molecule has 1 N–H and O–H groups in total. The number of nitro groups is 1. The number of carboxylic acid groups (broad SMARTS) is 1. The number of nitro benzene ring substituents is 1. The molecule has 0 unspecified atom stereocenters. The Morgan fingerprint density at radius 2 is 1.89 bits per heavy atom. The number of carbonyl (C=O) groups excluding carboxylic acids is 1. The number of carbonyl (C=O) groups is 2. The molecule has 0 aromatic heterocycles. The van der Waals surface area contributed by atoms with Crippen molar-refractivity contribution in [3.05, 3.63) is 27.8 Å². The first-order valence-corrected chi connectivity index (χ1v) is 8.86. The molecule has 1 heterocycles. The van der Waals surface area contributed by atoms with Gasteiger partial charge in [-0.25, -0.2) is 0 Å². The van der Waals surface area contributed by atoms with Crippen LogP contribution >= 0.6 is 0 Å². The Labute approximate surface area is 162 Å². The van der Waals surface area contributed by atoms with Crippen LogP contribution in [0.25, 0.3) is 0 Å². The Hall–Kier alpha value is -2.88. The van der Waals surface area contributed by atoms with E-state index in [1.807, 2.05) is 0 Å². The maximum absolute atomic E-state index is 12.9. The molecule has 28 heavy (non-hydrogen) atoms. The van der Waals surface area contributed by atoms with Crippen molar-refractivity contribution >= 4 is 17.6 Å². The number of aliphatic carboxylic acids is 1. The fourth-order valence-corrected chi connectivity index (χ4v) is 3.14. The summed E-state index contributed by atoms with van der Waals surface area (Å²) >= 11 is 0. The van der Waals surface area contributed by atoms with Gasteiger partial charge in [0.15, 0.2) is 11.5 Å². The Kier molecular flexibility index (Phi) is 7.56. The van der Waals surface area contributed by atoms with Gasteiger partial charge in [-0.3, -0.25) is 19.7 Å². The standard InChI is InChI=1S/C18H24N2O8/c1-26-7-8-28-16-11-14(20(24)25)13(10-15(16)27-2)18(23)19-5-3-12(4-6-19)9-17(21)22/h10-12H,3-9H2,1-2H3,(H,21,22). The molecule has 2 rings (SSSR count). The Morgan fingerprint density at radius 3 is 2.43 bits per heavy atom. The highest BCUT2D eigenvalue weighted by Crippen LogP contribution is 2.36. The van der Waals surface area contributed by atoms with Gasteiger partial charge >= 0.3 is 5.97 Å². The highest BCUT2D eigenvalue weighted by molar-refractivity contribution is 5.99. The Bertz CT molecular complexity index is 729. The van der Waals surface area contributed by atoms with E-state index in [9.17, 15) is 19.7 Å². The summed E-state index contributed by atoms with van der Waals surface area (Å²) in [5.41, 5.74) is -0.455. The minimum Gasteiger partial charge on any atom is -0.493 e. The fraction of sp³-hybridized carbons (Fsp3) is 0.556. The number of amides is 1. The quantitative estimate of drug-likeness (QED) is 0.381. The number of benzene rings is 1. The number of rotatable bonds is 9. The number of methoxy groups -OCH3 is 2. The predicted molar refractivity (Wildman–Crippen MR) is 97.9 cm³/mol. The molecule has 1 aromatic carbocycles. The van der Waals surface area contributed by atoms with Crippen molar-refractivity contribution in [3.8, 4) is 11.5 Å². The van der Waals surface area contributed by atoms with E-state index in [2.05, 4.69) is 0 Å². The third kappa shape index (κ3) is 5.32. The second-order valence-corrected chi connectivity index (χ2v) is 6.45. The lowest BCUT2D eigenvalue weighted by atomic mass is 9.93. The molecule has 1 fully saturated rings. The molecule has 0 radical (unpaired) electrons. The van der Waals surface area contributed by atoms with Gasteiger partial charge in [0.25, 0.3) is 11.6 Å². The van der Waals surface area contributed by atoms with E-state index >= 15 is 0 Å². The number of nitrogens with zero attached hydrogens (tertiary/aromatic N) is 2. The monoisotopic (exact) mass is 396 g/mol. The van der Waals surface area contributed by atoms with Crippen LogP contribution in [0.15, 0.2) is 12.1 Å². The molecule has 10 heteroatoms. The van der Waals surface area contributed by atoms with E-state index in [1.54, 1.807) is 0 Å². The topological polar surface area (TPSA) is 128 Å². The summed E-state index contributed by atoms with van der Waals surface area (Å²) < 4.78 is 15.6. The summed E-state index contributed by atoms with van der Waals surface area (Å²) in [6.07, 6.45) is 1.14. The van der Waals surface area contributed by atoms with Crippen molar-refractivity contribution in [1.82, 2.24) is 4.90 Å². The first kappa shape index (κ1) is 21.4. The molecule has 1 saturated heterocycles. The summed E-state index contributed by atoms with van der Waals surface area (Å²) in [4.78, 5) is 36.1. The van der Waals surface area contributed by atoms with Gasteiger partial charge in [0.05, 0.1) is 24.7 Å². The molecule has 1 aromatic rings. The summed E-state index contributed by atoms with van der Waals surface area (Å²) in [6, 6.07) is 2.49. The summed E-state index contributed by atoms with van der Waals surface area (Å²) in [5, 5.41) is 20.4. The average molecular weight is 396 g/mol. The van der Waals surface area contributed by atoms with Gasteiger partial charge < -0.3 is 24.2 Å². The van der Waals surface area contributed by atoms with Crippen molar-refractivity contribution in [3.63, 3.8) is 0 Å². The largest absolute Gasteiger partial charge is 0.493 e. The summed E-state index contributed by atoms with van der Waals surface area (Å²) in [7, 11) is 2.89. The third-order valence-corrected chi connectivity index (χ3v) is 4.62. The molecular formula is C18H24N2O8. The van der Waals surface area contributed by atoms with Gasteiger partial charge in [0, 0.05) is 32.7 Å². The minimum atomic E-state index is -0.866. The van der Waals surface area contributed by atoms with E-state index in [0.717, 1.165) is 0 Å². The first-order valence-electron chi connectivity index (χ1n) is 8.86. The average Bonchev–Trinajstić information content (AvgIpc) is 2.67. The zero-order chi connectivity index (χ0) is 20.7. The molecule has 1 aliphatic rings. The molecule has 0 bridgehead atoms. The van der Waals surface area contributed by atoms with E-state index in [4.69, 9.17) is 19.3 Å². The molecule has 10 nitrogen and oxygen atoms in total. The van der Waals surface area contributed by atoms with Crippen LogP contribution in [0.1, 0.15) is 29.6 Å². The van der Waals surface area contributed by atoms with Gasteiger partial charge in [-0.05, 0) is 18.8 Å². The van der Waals surface area contributed by atoms with Crippen LogP contribution in [-0.2, 0) is 9.53 Å². The van der Waals surface area contributed by atoms with Crippen LogP contribution in [0.5, 0.6) is 11.5 Å². The molecule has 0 aliphatic carbocycles. The molecule has 0 saturated carbocycles. The predicted octanol–water partition coefficient (Wildman–Crippen LogP) is 1.96. The number of hydrogen-bond acceptors (Lipinski definition) is 7. The van der Waals surface area contributed by atoms with Gasteiger partial charge in [-0.15, -0.1) is 0 Å². The molecule has 0 spiro atoms. The summed E-state index contributed by atoms with van der Waals surface area (Å²) in [5.74, 6) is -0.979. The van der Waals surface area contributed by atoms with Gasteiger partial charge in [0.1, 0.15) is 12.2 Å². The van der Waals surface area contributed by atoms with E-state index in [1.165, 1.54) is 31.3 Å². The Morgan fingerprint density at radius 1 is 1.21 bits per heavy atom. The van der Waals surface area contributed by atoms with Crippen molar-refractivity contribution in [1.29, 1.82) is 0 Å². The number of carboxylic acids is 1. The van der Waals surface area contributed by atoms with Gasteiger partial charge in [-0.1, -0.05) is 0 Å². The smallest absolute Gasteiger partial charge is 0.303 e. The maximum Gasteiger partial charge on any atom is 0.303 e. The summed E-state index contributed by atoms with van der Waals surface area (Å²) in [6.45, 7) is 1.17. The number of ether oxygens (including phenoxy) is 3. The van der Waals surface area contributed by atoms with Gasteiger partial charge in [0.2, 0.25) is 0 Å². The number of piperidine rings is 1. The van der Waals surface area contributed by atoms with Crippen molar-refractivity contribution < 1.29 is 33.8 Å². The SMILES string of the molecule is COCCOc1cc([N+](=O)[O-])c(C(=O)N2CCC(CC(=O)O)CC2)cc1OC. The maximum atomic E-state index is 12.9. The van der Waals surface area contributed by atoms with E-state index in [0.29, 0.717) is 32.5 Å². The van der Waals surface area contributed by atoms with Crippen molar-refractivity contribution in [2.45, 2.75) is 19.3 Å². The second-order valence-electron chi connectivity index (χ2n) is 6.45. The minimum absolute atomic E-state index is 0.00244. The zero-order valence-electron chi connectivity index (χ0n) is 15.9. The first-order chi connectivity index (χ1) is 13.4. The Balaban J connectivity index is 2.22. The zero-order valence-corrected chi connectivity index (χ0v) is 15.9. The van der Waals surface area contributed by atoms with E-state index in [-0.39, 0.29) is 41.7 Å². The van der Waals surface area contributed by atoms with Crippen LogP contribution < -0.4 is 9.47 Å². The normalized spacial score (nSPS) is 14.6. The van der Waals surface area contributed by atoms with Crippen molar-refractivity contribution in [2.75, 3.05) is 40.5 Å². The number of likely N-dealkylation sites (tertiary alicyclic amines) is 1.